The van der Waals surface area contributed by atoms with Gasteiger partial charge >= 0.3 is 11.6 Å². The first-order chi connectivity index (χ1) is 13.8. The van der Waals surface area contributed by atoms with Crippen molar-refractivity contribution in [1.29, 1.82) is 0 Å². The molecule has 6 nitrogen and oxygen atoms in total. The molecule has 0 saturated carbocycles. The van der Waals surface area contributed by atoms with Crippen LogP contribution in [-0.2, 0) is 16.0 Å². The van der Waals surface area contributed by atoms with Gasteiger partial charge in [0.2, 0.25) is 0 Å². The molecule has 29 heavy (non-hydrogen) atoms. The molecular formula is C22H19BrO6. The van der Waals surface area contributed by atoms with Gasteiger partial charge in [-0.25, -0.2) is 4.79 Å². The number of rotatable bonds is 6. The second-order valence-corrected chi connectivity index (χ2v) is 7.45. The van der Waals surface area contributed by atoms with Crippen LogP contribution in [0.25, 0.3) is 11.0 Å². The van der Waals surface area contributed by atoms with E-state index in [-0.39, 0.29) is 24.4 Å². The van der Waals surface area contributed by atoms with E-state index >= 15 is 0 Å². The van der Waals surface area contributed by atoms with Crippen molar-refractivity contribution in [2.45, 2.75) is 20.3 Å². The van der Waals surface area contributed by atoms with Gasteiger partial charge in [-0.3, -0.25) is 9.59 Å². The first-order valence-corrected chi connectivity index (χ1v) is 9.65. The van der Waals surface area contributed by atoms with Gasteiger partial charge in [0.15, 0.2) is 12.4 Å². The van der Waals surface area contributed by atoms with Crippen molar-refractivity contribution in [2.24, 2.45) is 0 Å². The lowest BCUT2D eigenvalue weighted by Gasteiger charge is -2.13. The van der Waals surface area contributed by atoms with E-state index in [1.54, 1.807) is 50.2 Å². The highest BCUT2D eigenvalue weighted by Gasteiger charge is 2.18. The molecule has 0 unspecified atom stereocenters. The highest BCUT2D eigenvalue weighted by Crippen LogP contribution is 2.29. The first kappa shape index (κ1) is 20.8. The molecule has 0 fully saturated rings. The molecule has 0 amide bonds. The number of Topliss-reactive ketones (excluding diaryl/α,β-unsaturated/α-hetero) is 1. The Hall–Kier alpha value is -2.93. The fourth-order valence-corrected chi connectivity index (χ4v) is 3.27. The minimum absolute atomic E-state index is 0.141. The third-order valence-corrected chi connectivity index (χ3v) is 5.26. The van der Waals surface area contributed by atoms with Gasteiger partial charge in [-0.2, -0.15) is 0 Å². The van der Waals surface area contributed by atoms with Crippen LogP contribution in [0.4, 0.5) is 0 Å². The van der Waals surface area contributed by atoms with Crippen LogP contribution >= 0.6 is 15.9 Å². The summed E-state index contributed by atoms with van der Waals surface area (Å²) in [7, 11) is 1.27. The molecule has 0 atom stereocenters. The summed E-state index contributed by atoms with van der Waals surface area (Å²) in [6.45, 7) is 3.37. The average molecular weight is 459 g/mol. The molecule has 150 valence electrons. The Morgan fingerprint density at radius 1 is 1.03 bits per heavy atom. The Kier molecular flexibility index (Phi) is 6.17. The van der Waals surface area contributed by atoms with E-state index in [4.69, 9.17) is 9.15 Å². The van der Waals surface area contributed by atoms with Crippen LogP contribution in [0.5, 0.6) is 5.75 Å². The maximum Gasteiger partial charge on any atom is 0.340 e. The summed E-state index contributed by atoms with van der Waals surface area (Å²) >= 11 is 3.33. The molecule has 1 heterocycles. The summed E-state index contributed by atoms with van der Waals surface area (Å²) in [6, 6.07) is 10.5. The van der Waals surface area contributed by atoms with Crippen LogP contribution in [0.3, 0.4) is 0 Å². The Balaban J connectivity index is 1.89. The number of carbonyl (C=O) groups is 2. The van der Waals surface area contributed by atoms with E-state index in [0.717, 1.165) is 4.47 Å². The van der Waals surface area contributed by atoms with Crippen LogP contribution < -0.4 is 10.4 Å². The fourth-order valence-electron chi connectivity index (χ4n) is 3.01. The van der Waals surface area contributed by atoms with Crippen molar-refractivity contribution in [3.8, 4) is 5.75 Å². The van der Waals surface area contributed by atoms with Crippen LogP contribution in [0, 0.1) is 13.8 Å². The van der Waals surface area contributed by atoms with Crippen molar-refractivity contribution < 1.29 is 23.5 Å². The Bertz CT molecular complexity index is 1140. The summed E-state index contributed by atoms with van der Waals surface area (Å²) in [4.78, 5) is 36.3. The molecule has 1 aromatic heterocycles. The second kappa shape index (κ2) is 8.61. The predicted octanol–water partition coefficient (Wildman–Crippen LogP) is 4.15. The van der Waals surface area contributed by atoms with Crippen molar-refractivity contribution in [1.82, 2.24) is 0 Å². The molecule has 0 saturated heterocycles. The van der Waals surface area contributed by atoms with Crippen molar-refractivity contribution in [3.05, 3.63) is 73.5 Å². The highest BCUT2D eigenvalue weighted by molar-refractivity contribution is 9.10. The molecular weight excluding hydrogens is 440 g/mol. The molecule has 0 radical (unpaired) electrons. The fraction of sp³-hybridized carbons (Fsp3) is 0.227. The van der Waals surface area contributed by atoms with Gasteiger partial charge in [0.25, 0.3) is 0 Å². The van der Waals surface area contributed by atoms with Crippen LogP contribution in [0.15, 0.2) is 50.1 Å². The molecule has 0 bridgehead atoms. The number of methoxy groups -OCH3 is 1. The number of aryl methyl sites for hydroxylation is 2. The standard InChI is InChI=1S/C22H19BrO6/c1-12-16-8-9-19(28-11-18(24)14-4-6-15(23)7-5-14)13(2)21(16)29-22(26)17(12)10-20(25)27-3/h4-9H,10-11H2,1-3H3. The zero-order valence-corrected chi connectivity index (χ0v) is 17.8. The van der Waals surface area contributed by atoms with E-state index in [1.165, 1.54) is 7.11 Å². The van der Waals surface area contributed by atoms with E-state index in [1.807, 2.05) is 0 Å². The lowest BCUT2D eigenvalue weighted by Crippen LogP contribution is -2.16. The van der Waals surface area contributed by atoms with E-state index in [9.17, 15) is 14.4 Å². The van der Waals surface area contributed by atoms with Crippen molar-refractivity contribution in [2.75, 3.05) is 13.7 Å². The van der Waals surface area contributed by atoms with Gasteiger partial charge in [0.05, 0.1) is 19.1 Å². The summed E-state index contributed by atoms with van der Waals surface area (Å²) in [5.41, 5.74) is 1.85. The van der Waals surface area contributed by atoms with Crippen LogP contribution in [-0.4, -0.2) is 25.5 Å². The number of fused-ring (bicyclic) bond motifs is 1. The molecule has 7 heteroatoms. The maximum atomic E-state index is 12.4. The van der Waals surface area contributed by atoms with Crippen molar-refractivity contribution in [3.63, 3.8) is 0 Å². The van der Waals surface area contributed by atoms with Gasteiger partial charge < -0.3 is 13.9 Å². The molecule has 0 aliphatic heterocycles. The summed E-state index contributed by atoms with van der Waals surface area (Å²) in [5, 5.41) is 0.701. The Labute approximate surface area is 175 Å². The monoisotopic (exact) mass is 458 g/mol. The summed E-state index contributed by atoms with van der Waals surface area (Å²) in [5.74, 6) is -0.225. The molecule has 0 aliphatic rings. The molecule has 0 N–H and O–H groups in total. The second-order valence-electron chi connectivity index (χ2n) is 6.53. The van der Waals surface area contributed by atoms with Crippen LogP contribution in [0.2, 0.25) is 0 Å². The number of hydrogen-bond acceptors (Lipinski definition) is 6. The van der Waals surface area contributed by atoms with Gasteiger partial charge in [0, 0.05) is 21.0 Å². The SMILES string of the molecule is COC(=O)Cc1c(C)c2ccc(OCC(=O)c3ccc(Br)cc3)c(C)c2oc1=O. The third-order valence-electron chi connectivity index (χ3n) is 4.73. The summed E-state index contributed by atoms with van der Waals surface area (Å²) in [6.07, 6.45) is -0.153. The number of halogens is 1. The van der Waals surface area contributed by atoms with Gasteiger partial charge in [0.1, 0.15) is 11.3 Å². The average Bonchev–Trinajstić information content (AvgIpc) is 2.71. The number of esters is 1. The molecule has 0 aliphatic carbocycles. The van der Waals surface area contributed by atoms with Gasteiger partial charge in [-0.05, 0) is 43.7 Å². The molecule has 2 aromatic carbocycles. The van der Waals surface area contributed by atoms with E-state index < -0.39 is 11.6 Å². The normalized spacial score (nSPS) is 10.8. The predicted molar refractivity (Wildman–Crippen MR) is 112 cm³/mol. The van der Waals surface area contributed by atoms with Crippen molar-refractivity contribution >= 4 is 38.7 Å². The topological polar surface area (TPSA) is 82.8 Å². The smallest absolute Gasteiger partial charge is 0.340 e. The summed E-state index contributed by atoms with van der Waals surface area (Å²) < 4.78 is 16.7. The minimum atomic E-state index is -0.591. The molecule has 0 spiro atoms. The van der Waals surface area contributed by atoms with Gasteiger partial charge in [-0.15, -0.1) is 0 Å². The zero-order valence-electron chi connectivity index (χ0n) is 16.2. The highest BCUT2D eigenvalue weighted by atomic mass is 79.9. The molecule has 3 rings (SSSR count). The minimum Gasteiger partial charge on any atom is -0.485 e. The Morgan fingerprint density at radius 2 is 1.72 bits per heavy atom. The van der Waals surface area contributed by atoms with Gasteiger partial charge in [-0.1, -0.05) is 28.1 Å². The zero-order chi connectivity index (χ0) is 21.1. The van der Waals surface area contributed by atoms with Crippen LogP contribution in [0.1, 0.15) is 27.0 Å². The Morgan fingerprint density at radius 3 is 2.38 bits per heavy atom. The largest absolute Gasteiger partial charge is 0.485 e. The number of ketones is 1. The third kappa shape index (κ3) is 4.40. The lowest BCUT2D eigenvalue weighted by atomic mass is 10.0. The maximum absolute atomic E-state index is 12.4. The number of benzene rings is 2. The number of carbonyl (C=O) groups excluding carboxylic acids is 2. The first-order valence-electron chi connectivity index (χ1n) is 8.86. The van der Waals surface area contributed by atoms with E-state index in [2.05, 4.69) is 20.7 Å². The quantitative estimate of drug-likeness (QED) is 0.313. The lowest BCUT2D eigenvalue weighted by molar-refractivity contribution is -0.139. The van der Waals surface area contributed by atoms with E-state index in [0.29, 0.717) is 33.4 Å². The number of hydrogen-bond donors (Lipinski definition) is 0. The number of ether oxygens (including phenoxy) is 2. The molecule has 3 aromatic rings.